The predicted molar refractivity (Wildman–Crippen MR) is 74.1 cm³/mol. The highest BCUT2D eigenvalue weighted by Gasteiger charge is 2.36. The maximum Gasteiger partial charge on any atom is 0.137 e. The van der Waals surface area contributed by atoms with Crippen LogP contribution >= 0.6 is 0 Å². The molecule has 1 fully saturated rings. The highest BCUT2D eigenvalue weighted by Crippen LogP contribution is 2.41. The van der Waals surface area contributed by atoms with Crippen molar-refractivity contribution < 1.29 is 4.74 Å². The monoisotopic (exact) mass is 248 g/mol. The van der Waals surface area contributed by atoms with Crippen LogP contribution in [0, 0.1) is 0 Å². The van der Waals surface area contributed by atoms with Crippen LogP contribution < -0.4 is 10.1 Å². The minimum atomic E-state index is 0.242. The minimum absolute atomic E-state index is 0.242. The van der Waals surface area contributed by atoms with E-state index in [0.29, 0.717) is 6.04 Å². The largest absolute Gasteiger partial charge is 0.492 e. The summed E-state index contributed by atoms with van der Waals surface area (Å²) in [6.07, 6.45) is 8.49. The van der Waals surface area contributed by atoms with Gasteiger partial charge in [0.15, 0.2) is 0 Å². The second-order valence-electron chi connectivity index (χ2n) is 5.55. The Morgan fingerprint density at radius 2 is 2.33 bits per heavy atom. The number of rotatable bonds is 5. The van der Waals surface area contributed by atoms with E-state index in [2.05, 4.69) is 37.3 Å². The number of nitrogens with zero attached hydrogens (tertiary/aromatic N) is 1. The highest BCUT2D eigenvalue weighted by molar-refractivity contribution is 5.31. The lowest BCUT2D eigenvalue weighted by Gasteiger charge is -2.25. The number of nitrogens with one attached hydrogen (secondary N) is 1. The van der Waals surface area contributed by atoms with Crippen molar-refractivity contribution in [2.45, 2.75) is 51.0 Å². The molecule has 1 heterocycles. The van der Waals surface area contributed by atoms with Crippen molar-refractivity contribution in [2.75, 3.05) is 13.7 Å². The first kappa shape index (κ1) is 13.3. The summed E-state index contributed by atoms with van der Waals surface area (Å²) in [4.78, 5) is 4.33. The van der Waals surface area contributed by atoms with Crippen LogP contribution in [0.3, 0.4) is 0 Å². The first-order valence-electron chi connectivity index (χ1n) is 6.93. The summed E-state index contributed by atoms with van der Waals surface area (Å²) in [6, 6.07) is 2.80. The van der Waals surface area contributed by atoms with Gasteiger partial charge in [-0.3, -0.25) is 4.98 Å². The summed E-state index contributed by atoms with van der Waals surface area (Å²) >= 11 is 0. The Bertz CT molecular complexity index is 394. The summed E-state index contributed by atoms with van der Waals surface area (Å²) in [5.74, 6) is 0.906. The second-order valence-corrected chi connectivity index (χ2v) is 5.55. The maximum absolute atomic E-state index is 5.68. The molecule has 1 saturated carbocycles. The Kier molecular flexibility index (Phi) is 4.23. The average Bonchev–Trinajstić information content (AvgIpc) is 2.80. The molecule has 0 saturated heterocycles. The van der Waals surface area contributed by atoms with Gasteiger partial charge in [-0.15, -0.1) is 0 Å². The van der Waals surface area contributed by atoms with Crippen LogP contribution in [-0.4, -0.2) is 24.7 Å². The summed E-state index contributed by atoms with van der Waals surface area (Å²) < 4.78 is 5.68. The number of pyridine rings is 1. The lowest BCUT2D eigenvalue weighted by molar-refractivity contribution is 0.314. The van der Waals surface area contributed by atoms with Crippen molar-refractivity contribution >= 4 is 0 Å². The lowest BCUT2D eigenvalue weighted by Crippen LogP contribution is -2.25. The second kappa shape index (κ2) is 5.70. The first-order chi connectivity index (χ1) is 8.68. The van der Waals surface area contributed by atoms with Gasteiger partial charge in [0, 0.05) is 12.2 Å². The molecule has 1 aliphatic rings. The molecule has 1 N–H and O–H groups in total. The topological polar surface area (TPSA) is 34.1 Å². The summed E-state index contributed by atoms with van der Waals surface area (Å²) in [6.45, 7) is 5.22. The van der Waals surface area contributed by atoms with E-state index in [4.69, 9.17) is 4.74 Å². The van der Waals surface area contributed by atoms with Gasteiger partial charge in [-0.1, -0.05) is 13.8 Å². The molecule has 1 aliphatic carbocycles. The van der Waals surface area contributed by atoms with Gasteiger partial charge in [0.05, 0.1) is 12.8 Å². The summed E-state index contributed by atoms with van der Waals surface area (Å²) in [7, 11) is 2.05. The fraction of sp³-hybridized carbons (Fsp3) is 0.667. The van der Waals surface area contributed by atoms with Gasteiger partial charge in [0.2, 0.25) is 0 Å². The van der Waals surface area contributed by atoms with Gasteiger partial charge < -0.3 is 10.1 Å². The van der Waals surface area contributed by atoms with E-state index in [1.807, 2.05) is 12.4 Å². The van der Waals surface area contributed by atoms with Crippen molar-refractivity contribution in [1.29, 1.82) is 0 Å². The Balaban J connectivity index is 2.12. The predicted octanol–water partition coefficient (Wildman–Crippen LogP) is 2.90. The molecule has 3 nitrogen and oxygen atoms in total. The molecule has 0 spiro atoms. The molecule has 2 unspecified atom stereocenters. The SMILES string of the molecule is CCCOc1cncc(C2(C)CCC(NC)C2)c1. The smallest absolute Gasteiger partial charge is 0.137 e. The van der Waals surface area contributed by atoms with Crippen molar-refractivity contribution in [3.8, 4) is 5.75 Å². The number of ether oxygens (including phenoxy) is 1. The van der Waals surface area contributed by atoms with E-state index in [0.717, 1.165) is 18.8 Å². The van der Waals surface area contributed by atoms with Crippen molar-refractivity contribution in [3.05, 3.63) is 24.0 Å². The van der Waals surface area contributed by atoms with Crippen LogP contribution in [0.25, 0.3) is 0 Å². The van der Waals surface area contributed by atoms with Crippen LogP contribution in [0.15, 0.2) is 18.5 Å². The van der Waals surface area contributed by atoms with Crippen LogP contribution in [0.5, 0.6) is 5.75 Å². The fourth-order valence-electron chi connectivity index (χ4n) is 2.80. The van der Waals surface area contributed by atoms with Crippen molar-refractivity contribution in [2.24, 2.45) is 0 Å². The molecular weight excluding hydrogens is 224 g/mol. The quantitative estimate of drug-likeness (QED) is 0.870. The average molecular weight is 248 g/mol. The maximum atomic E-state index is 5.68. The molecule has 1 aromatic rings. The zero-order chi connectivity index (χ0) is 13.0. The van der Waals surface area contributed by atoms with Crippen LogP contribution in [0.4, 0.5) is 0 Å². The molecular formula is C15H24N2O. The molecule has 100 valence electrons. The lowest BCUT2D eigenvalue weighted by atomic mass is 9.81. The Morgan fingerprint density at radius 1 is 1.50 bits per heavy atom. The minimum Gasteiger partial charge on any atom is -0.492 e. The van der Waals surface area contributed by atoms with Gasteiger partial charge in [-0.2, -0.15) is 0 Å². The normalized spacial score (nSPS) is 27.4. The molecule has 18 heavy (non-hydrogen) atoms. The summed E-state index contributed by atoms with van der Waals surface area (Å²) in [5.41, 5.74) is 1.56. The number of aromatic nitrogens is 1. The van der Waals surface area contributed by atoms with E-state index < -0.39 is 0 Å². The molecule has 3 heteroatoms. The number of hydrogen-bond donors (Lipinski definition) is 1. The van der Waals surface area contributed by atoms with Gasteiger partial charge >= 0.3 is 0 Å². The molecule has 0 aliphatic heterocycles. The van der Waals surface area contributed by atoms with Crippen molar-refractivity contribution in [1.82, 2.24) is 10.3 Å². The molecule has 0 amide bonds. The Morgan fingerprint density at radius 3 is 3.00 bits per heavy atom. The van der Waals surface area contributed by atoms with Gasteiger partial charge in [-0.25, -0.2) is 0 Å². The summed E-state index contributed by atoms with van der Waals surface area (Å²) in [5, 5.41) is 3.39. The highest BCUT2D eigenvalue weighted by atomic mass is 16.5. The third kappa shape index (κ3) is 2.83. The third-order valence-corrected chi connectivity index (χ3v) is 4.03. The first-order valence-corrected chi connectivity index (χ1v) is 6.93. The van der Waals surface area contributed by atoms with E-state index in [9.17, 15) is 0 Å². The molecule has 1 aromatic heterocycles. The molecule has 0 bridgehead atoms. The van der Waals surface area contributed by atoms with Crippen LogP contribution in [0.2, 0.25) is 0 Å². The van der Waals surface area contributed by atoms with E-state index in [-0.39, 0.29) is 5.41 Å². The molecule has 0 radical (unpaired) electrons. The standard InChI is InChI=1S/C15H24N2O/c1-4-7-18-14-8-12(10-17-11-14)15(2)6-5-13(9-15)16-3/h8,10-11,13,16H,4-7,9H2,1-3H3. The van der Waals surface area contributed by atoms with Gasteiger partial charge in [0.25, 0.3) is 0 Å². The molecule has 2 rings (SSSR count). The number of hydrogen-bond acceptors (Lipinski definition) is 3. The van der Waals surface area contributed by atoms with E-state index in [1.54, 1.807) is 0 Å². The molecule has 0 aromatic carbocycles. The van der Waals surface area contributed by atoms with Gasteiger partial charge in [0.1, 0.15) is 5.75 Å². The third-order valence-electron chi connectivity index (χ3n) is 4.03. The van der Waals surface area contributed by atoms with E-state index in [1.165, 1.54) is 24.8 Å². The molecule has 2 atom stereocenters. The van der Waals surface area contributed by atoms with Crippen LogP contribution in [-0.2, 0) is 5.41 Å². The zero-order valence-corrected chi connectivity index (χ0v) is 11.7. The zero-order valence-electron chi connectivity index (χ0n) is 11.7. The van der Waals surface area contributed by atoms with E-state index >= 15 is 0 Å². The van der Waals surface area contributed by atoms with Crippen LogP contribution in [0.1, 0.15) is 45.1 Å². The van der Waals surface area contributed by atoms with Crippen molar-refractivity contribution in [3.63, 3.8) is 0 Å². The Hall–Kier alpha value is -1.09. The fourth-order valence-corrected chi connectivity index (χ4v) is 2.80. The Labute approximate surface area is 110 Å². The van der Waals surface area contributed by atoms with Gasteiger partial charge in [-0.05, 0) is 49.8 Å².